The van der Waals surface area contributed by atoms with E-state index >= 15 is 0 Å². The standard InChI is InChI=1S/C14H19BrClNO/c15-13-6-5-12(16)7-11(13)9-17-8-10-3-1-2-4-14(10)18/h5-7,10,14,17-18H,1-4,8-9H2. The third-order valence-corrected chi connectivity index (χ3v) is 4.61. The second-order valence-electron chi connectivity index (χ2n) is 4.98. The smallest absolute Gasteiger partial charge is 0.0580 e. The van der Waals surface area contributed by atoms with E-state index in [-0.39, 0.29) is 6.10 Å². The van der Waals surface area contributed by atoms with Crippen LogP contribution in [0.1, 0.15) is 31.2 Å². The largest absolute Gasteiger partial charge is 0.393 e. The molecule has 1 aromatic carbocycles. The number of halogens is 2. The topological polar surface area (TPSA) is 32.3 Å². The molecule has 100 valence electrons. The molecule has 0 aromatic heterocycles. The Morgan fingerprint density at radius 2 is 2.11 bits per heavy atom. The van der Waals surface area contributed by atoms with Crippen molar-refractivity contribution in [3.63, 3.8) is 0 Å². The summed E-state index contributed by atoms with van der Waals surface area (Å²) in [4.78, 5) is 0. The molecular weight excluding hydrogens is 314 g/mol. The molecule has 18 heavy (non-hydrogen) atoms. The number of rotatable bonds is 4. The molecule has 2 nitrogen and oxygen atoms in total. The van der Waals surface area contributed by atoms with Gasteiger partial charge in [0.25, 0.3) is 0 Å². The average molecular weight is 333 g/mol. The molecule has 1 saturated carbocycles. The van der Waals surface area contributed by atoms with Crippen molar-refractivity contribution >= 4 is 27.5 Å². The van der Waals surface area contributed by atoms with Gasteiger partial charge in [0.1, 0.15) is 0 Å². The molecule has 2 N–H and O–H groups in total. The van der Waals surface area contributed by atoms with Gasteiger partial charge in [-0.15, -0.1) is 0 Å². The molecule has 0 amide bonds. The Morgan fingerprint density at radius 1 is 1.33 bits per heavy atom. The van der Waals surface area contributed by atoms with Crippen molar-refractivity contribution in [1.82, 2.24) is 5.32 Å². The van der Waals surface area contributed by atoms with Crippen LogP contribution in [0.15, 0.2) is 22.7 Å². The maximum atomic E-state index is 9.89. The third kappa shape index (κ3) is 3.95. The highest BCUT2D eigenvalue weighted by molar-refractivity contribution is 9.10. The highest BCUT2D eigenvalue weighted by Crippen LogP contribution is 2.24. The van der Waals surface area contributed by atoms with Gasteiger partial charge in [0, 0.05) is 22.6 Å². The van der Waals surface area contributed by atoms with E-state index in [1.54, 1.807) is 0 Å². The van der Waals surface area contributed by atoms with Gasteiger partial charge in [-0.05, 0) is 42.5 Å². The molecule has 0 saturated heterocycles. The van der Waals surface area contributed by atoms with Crippen molar-refractivity contribution in [2.45, 2.75) is 38.3 Å². The minimum Gasteiger partial charge on any atom is -0.393 e. The van der Waals surface area contributed by atoms with E-state index in [4.69, 9.17) is 11.6 Å². The normalized spacial score (nSPS) is 24.2. The van der Waals surface area contributed by atoms with Gasteiger partial charge < -0.3 is 10.4 Å². The van der Waals surface area contributed by atoms with Gasteiger partial charge in [0.15, 0.2) is 0 Å². The minimum atomic E-state index is -0.131. The summed E-state index contributed by atoms with van der Waals surface area (Å²) >= 11 is 9.50. The Bertz CT molecular complexity index is 399. The monoisotopic (exact) mass is 331 g/mol. The van der Waals surface area contributed by atoms with Crippen LogP contribution in [0.4, 0.5) is 0 Å². The van der Waals surface area contributed by atoms with Crippen LogP contribution in [0.3, 0.4) is 0 Å². The fourth-order valence-corrected chi connectivity index (χ4v) is 3.08. The zero-order chi connectivity index (χ0) is 13.0. The molecule has 1 aromatic rings. The van der Waals surface area contributed by atoms with Crippen LogP contribution in [-0.2, 0) is 6.54 Å². The van der Waals surface area contributed by atoms with Crippen molar-refractivity contribution < 1.29 is 5.11 Å². The van der Waals surface area contributed by atoms with Crippen LogP contribution >= 0.6 is 27.5 Å². The molecule has 0 aliphatic heterocycles. The molecule has 2 rings (SSSR count). The predicted molar refractivity (Wildman–Crippen MR) is 78.8 cm³/mol. The molecule has 4 heteroatoms. The minimum absolute atomic E-state index is 0.131. The van der Waals surface area contributed by atoms with Crippen LogP contribution in [0.25, 0.3) is 0 Å². The molecule has 2 atom stereocenters. The zero-order valence-electron chi connectivity index (χ0n) is 10.3. The molecule has 2 unspecified atom stereocenters. The van der Waals surface area contributed by atoms with E-state index in [2.05, 4.69) is 21.2 Å². The first-order chi connectivity index (χ1) is 8.66. The lowest BCUT2D eigenvalue weighted by atomic mass is 9.86. The fraction of sp³-hybridized carbons (Fsp3) is 0.571. The van der Waals surface area contributed by atoms with Crippen LogP contribution in [-0.4, -0.2) is 17.8 Å². The molecule has 1 aliphatic carbocycles. The van der Waals surface area contributed by atoms with E-state index < -0.39 is 0 Å². The Balaban J connectivity index is 1.82. The van der Waals surface area contributed by atoms with E-state index in [1.807, 2.05) is 18.2 Å². The van der Waals surface area contributed by atoms with Crippen molar-refractivity contribution in [2.75, 3.05) is 6.54 Å². The average Bonchev–Trinajstić information content (AvgIpc) is 2.36. The predicted octanol–water partition coefficient (Wildman–Crippen LogP) is 3.74. The number of hydrogen-bond acceptors (Lipinski definition) is 2. The summed E-state index contributed by atoms with van der Waals surface area (Å²) in [5, 5.41) is 14.1. The summed E-state index contributed by atoms with van der Waals surface area (Å²) in [6.07, 6.45) is 4.36. The number of nitrogens with one attached hydrogen (secondary N) is 1. The van der Waals surface area contributed by atoms with Gasteiger partial charge in [0.2, 0.25) is 0 Å². The summed E-state index contributed by atoms with van der Waals surface area (Å²) in [5.74, 6) is 0.400. The SMILES string of the molecule is OC1CCCCC1CNCc1cc(Cl)ccc1Br. The summed E-state index contributed by atoms with van der Waals surface area (Å²) in [6, 6.07) is 5.81. The number of benzene rings is 1. The van der Waals surface area contributed by atoms with Crippen LogP contribution < -0.4 is 5.32 Å². The van der Waals surface area contributed by atoms with Gasteiger partial charge in [-0.25, -0.2) is 0 Å². The number of aliphatic hydroxyl groups excluding tert-OH is 1. The Hall–Kier alpha value is -0.0900. The molecule has 0 radical (unpaired) electrons. The van der Waals surface area contributed by atoms with E-state index in [0.29, 0.717) is 5.92 Å². The lowest BCUT2D eigenvalue weighted by molar-refractivity contribution is 0.0695. The number of hydrogen-bond donors (Lipinski definition) is 2. The molecule has 1 aliphatic rings. The molecule has 0 heterocycles. The Morgan fingerprint density at radius 3 is 2.89 bits per heavy atom. The third-order valence-electron chi connectivity index (χ3n) is 3.60. The second-order valence-corrected chi connectivity index (χ2v) is 6.27. The van der Waals surface area contributed by atoms with Gasteiger partial charge in [-0.3, -0.25) is 0 Å². The summed E-state index contributed by atoms with van der Waals surface area (Å²) < 4.78 is 1.07. The lowest BCUT2D eigenvalue weighted by Crippen LogP contribution is -2.33. The first-order valence-electron chi connectivity index (χ1n) is 6.49. The lowest BCUT2D eigenvalue weighted by Gasteiger charge is -2.27. The maximum absolute atomic E-state index is 9.89. The van der Waals surface area contributed by atoms with Gasteiger partial charge in [-0.2, -0.15) is 0 Å². The first-order valence-corrected chi connectivity index (χ1v) is 7.66. The van der Waals surface area contributed by atoms with Crippen molar-refractivity contribution in [2.24, 2.45) is 5.92 Å². The van der Waals surface area contributed by atoms with Gasteiger partial charge in [-0.1, -0.05) is 40.4 Å². The maximum Gasteiger partial charge on any atom is 0.0580 e. The molecule has 0 spiro atoms. The Labute approximate surface area is 122 Å². The summed E-state index contributed by atoms with van der Waals surface area (Å²) in [6.45, 7) is 1.66. The zero-order valence-corrected chi connectivity index (χ0v) is 12.7. The van der Waals surface area contributed by atoms with Crippen LogP contribution in [0.2, 0.25) is 5.02 Å². The molecule has 1 fully saturated rings. The van der Waals surface area contributed by atoms with E-state index in [9.17, 15) is 5.11 Å². The van der Waals surface area contributed by atoms with Gasteiger partial charge >= 0.3 is 0 Å². The summed E-state index contributed by atoms with van der Waals surface area (Å²) in [5.41, 5.74) is 1.16. The number of aliphatic hydroxyl groups is 1. The van der Waals surface area contributed by atoms with Crippen LogP contribution in [0, 0.1) is 5.92 Å². The van der Waals surface area contributed by atoms with Crippen molar-refractivity contribution in [3.8, 4) is 0 Å². The van der Waals surface area contributed by atoms with Gasteiger partial charge in [0.05, 0.1) is 6.10 Å². The Kier molecular flexibility index (Phi) is 5.49. The van der Waals surface area contributed by atoms with Crippen molar-refractivity contribution in [3.05, 3.63) is 33.3 Å². The second kappa shape index (κ2) is 6.90. The van der Waals surface area contributed by atoms with E-state index in [0.717, 1.165) is 47.4 Å². The highest BCUT2D eigenvalue weighted by atomic mass is 79.9. The quantitative estimate of drug-likeness (QED) is 0.880. The van der Waals surface area contributed by atoms with Crippen LogP contribution in [0.5, 0.6) is 0 Å². The molecule has 0 bridgehead atoms. The molecular formula is C14H19BrClNO. The fourth-order valence-electron chi connectivity index (χ4n) is 2.50. The van der Waals surface area contributed by atoms with Crippen molar-refractivity contribution in [1.29, 1.82) is 0 Å². The van der Waals surface area contributed by atoms with E-state index in [1.165, 1.54) is 6.42 Å². The highest BCUT2D eigenvalue weighted by Gasteiger charge is 2.22. The summed E-state index contributed by atoms with van der Waals surface area (Å²) in [7, 11) is 0. The first kappa shape index (κ1) is 14.3.